The normalized spacial score (nSPS) is 15.6. The maximum absolute atomic E-state index is 12.7. The van der Waals surface area contributed by atoms with Gasteiger partial charge in [0.25, 0.3) is 5.91 Å². The molecule has 0 unspecified atom stereocenters. The number of aryl methyl sites for hydroxylation is 2. The first kappa shape index (κ1) is 18.1. The fourth-order valence-corrected chi connectivity index (χ4v) is 2.93. The van der Waals surface area contributed by atoms with E-state index in [0.29, 0.717) is 11.8 Å². The largest absolute Gasteiger partial charge is 0.456 e. The Labute approximate surface area is 133 Å². The molecule has 1 fully saturated rings. The minimum atomic E-state index is 0. The van der Waals surface area contributed by atoms with E-state index in [4.69, 9.17) is 4.42 Å². The highest BCUT2D eigenvalue weighted by Gasteiger charge is 2.27. The average molecular weight is 315 g/mol. The third kappa shape index (κ3) is 4.24. The van der Waals surface area contributed by atoms with Gasteiger partial charge >= 0.3 is 0 Å². The molecule has 5 heteroatoms. The van der Waals surface area contributed by atoms with Gasteiger partial charge in [-0.1, -0.05) is 13.8 Å². The molecule has 2 heterocycles. The predicted octanol–water partition coefficient (Wildman–Crippen LogP) is 3.18. The maximum Gasteiger partial charge on any atom is 0.289 e. The summed E-state index contributed by atoms with van der Waals surface area (Å²) < 4.78 is 5.74. The lowest BCUT2D eigenvalue weighted by Gasteiger charge is -2.34. The maximum atomic E-state index is 12.7. The standard InChI is InChI=1S/C16H26N2O2.ClH/c1-4-10-18(13-6-8-17-9-7-13)16(19)15-11-12(3)14(5-2)20-15;/h11,13,17H,4-10H2,1-3H3;1H. The predicted molar refractivity (Wildman–Crippen MR) is 87.3 cm³/mol. The number of hydrogen-bond acceptors (Lipinski definition) is 3. The van der Waals surface area contributed by atoms with Gasteiger partial charge in [-0.05, 0) is 50.9 Å². The second-order valence-corrected chi connectivity index (χ2v) is 5.55. The Hall–Kier alpha value is -1.00. The van der Waals surface area contributed by atoms with Gasteiger partial charge in [0.05, 0.1) is 0 Å². The van der Waals surface area contributed by atoms with Gasteiger partial charge in [0, 0.05) is 19.0 Å². The molecule has 1 aromatic rings. The van der Waals surface area contributed by atoms with Gasteiger partial charge in [0.2, 0.25) is 0 Å². The van der Waals surface area contributed by atoms with E-state index in [2.05, 4.69) is 19.2 Å². The van der Waals surface area contributed by atoms with E-state index in [9.17, 15) is 4.79 Å². The van der Waals surface area contributed by atoms with Crippen LogP contribution in [0.5, 0.6) is 0 Å². The number of rotatable bonds is 5. The Morgan fingerprint density at radius 1 is 1.38 bits per heavy atom. The van der Waals surface area contributed by atoms with Crippen LogP contribution in [0.4, 0.5) is 0 Å². The van der Waals surface area contributed by atoms with Gasteiger partial charge in [-0.25, -0.2) is 0 Å². The van der Waals surface area contributed by atoms with Gasteiger partial charge in [-0.15, -0.1) is 12.4 Å². The first-order valence-electron chi connectivity index (χ1n) is 7.78. The van der Waals surface area contributed by atoms with Crippen LogP contribution >= 0.6 is 12.4 Å². The molecule has 1 aliphatic rings. The van der Waals surface area contributed by atoms with E-state index in [1.165, 1.54) is 0 Å². The zero-order chi connectivity index (χ0) is 14.5. The molecular weight excluding hydrogens is 288 g/mol. The van der Waals surface area contributed by atoms with Crippen molar-refractivity contribution >= 4 is 18.3 Å². The van der Waals surface area contributed by atoms with Gasteiger partial charge in [-0.2, -0.15) is 0 Å². The Bertz CT molecular complexity index is 453. The third-order valence-electron chi connectivity index (χ3n) is 4.03. The van der Waals surface area contributed by atoms with Crippen LogP contribution in [-0.4, -0.2) is 36.5 Å². The van der Waals surface area contributed by atoms with Crippen LogP contribution in [0.25, 0.3) is 0 Å². The third-order valence-corrected chi connectivity index (χ3v) is 4.03. The Kier molecular flexibility index (Phi) is 7.26. The number of furan rings is 1. The highest BCUT2D eigenvalue weighted by Crippen LogP contribution is 2.20. The van der Waals surface area contributed by atoms with Gasteiger partial charge in [-0.3, -0.25) is 4.79 Å². The molecule has 0 saturated carbocycles. The number of carbonyl (C=O) groups is 1. The molecule has 1 aromatic heterocycles. The van der Waals surface area contributed by atoms with E-state index < -0.39 is 0 Å². The van der Waals surface area contributed by atoms with Crippen molar-refractivity contribution in [2.75, 3.05) is 19.6 Å². The zero-order valence-electron chi connectivity index (χ0n) is 13.3. The Morgan fingerprint density at radius 2 is 2.05 bits per heavy atom. The minimum Gasteiger partial charge on any atom is -0.456 e. The molecule has 0 bridgehead atoms. The number of piperidine rings is 1. The van der Waals surface area contributed by atoms with Crippen LogP contribution < -0.4 is 5.32 Å². The first-order valence-corrected chi connectivity index (χ1v) is 7.78. The van der Waals surface area contributed by atoms with Gasteiger partial charge in [0.15, 0.2) is 5.76 Å². The second kappa shape index (κ2) is 8.44. The summed E-state index contributed by atoms with van der Waals surface area (Å²) in [5, 5.41) is 3.35. The number of carbonyl (C=O) groups excluding carboxylic acids is 1. The molecule has 1 N–H and O–H groups in total. The van der Waals surface area contributed by atoms with E-state index in [0.717, 1.165) is 56.6 Å². The van der Waals surface area contributed by atoms with E-state index >= 15 is 0 Å². The van der Waals surface area contributed by atoms with Gasteiger partial charge < -0.3 is 14.6 Å². The smallest absolute Gasteiger partial charge is 0.289 e. The number of hydrogen-bond donors (Lipinski definition) is 1. The van der Waals surface area contributed by atoms with Crippen molar-refractivity contribution in [3.63, 3.8) is 0 Å². The zero-order valence-corrected chi connectivity index (χ0v) is 14.1. The summed E-state index contributed by atoms with van der Waals surface area (Å²) in [5.74, 6) is 1.49. The summed E-state index contributed by atoms with van der Waals surface area (Å²) in [5.41, 5.74) is 1.08. The van der Waals surface area contributed by atoms with Crippen molar-refractivity contribution in [2.45, 2.75) is 52.5 Å². The fourth-order valence-electron chi connectivity index (χ4n) is 2.93. The fraction of sp³-hybridized carbons (Fsp3) is 0.688. The molecule has 1 saturated heterocycles. The summed E-state index contributed by atoms with van der Waals surface area (Å²) in [7, 11) is 0. The monoisotopic (exact) mass is 314 g/mol. The Morgan fingerprint density at radius 3 is 2.57 bits per heavy atom. The minimum absolute atomic E-state index is 0. The molecule has 0 aliphatic carbocycles. The average Bonchev–Trinajstić information content (AvgIpc) is 2.86. The van der Waals surface area contributed by atoms with E-state index in [1.54, 1.807) is 0 Å². The molecule has 4 nitrogen and oxygen atoms in total. The summed E-state index contributed by atoms with van der Waals surface area (Å²) in [6, 6.07) is 2.24. The summed E-state index contributed by atoms with van der Waals surface area (Å²) in [4.78, 5) is 14.7. The number of amides is 1. The summed E-state index contributed by atoms with van der Waals surface area (Å²) in [6.45, 7) is 8.98. The van der Waals surface area contributed by atoms with Crippen LogP contribution in [0.3, 0.4) is 0 Å². The van der Waals surface area contributed by atoms with E-state index in [-0.39, 0.29) is 18.3 Å². The number of nitrogens with one attached hydrogen (secondary N) is 1. The summed E-state index contributed by atoms with van der Waals surface area (Å²) in [6.07, 6.45) is 3.88. The van der Waals surface area contributed by atoms with Crippen molar-refractivity contribution in [3.8, 4) is 0 Å². The molecule has 1 aliphatic heterocycles. The van der Waals surface area contributed by atoms with Crippen LogP contribution in [0, 0.1) is 6.92 Å². The lowest BCUT2D eigenvalue weighted by molar-refractivity contribution is 0.0608. The lowest BCUT2D eigenvalue weighted by Crippen LogP contribution is -2.46. The van der Waals surface area contributed by atoms with Crippen LogP contribution in [0.2, 0.25) is 0 Å². The topological polar surface area (TPSA) is 45.5 Å². The molecule has 0 spiro atoms. The van der Waals surface area contributed by atoms with Gasteiger partial charge in [0.1, 0.15) is 5.76 Å². The van der Waals surface area contributed by atoms with E-state index in [1.807, 2.05) is 17.9 Å². The molecular formula is C16H27ClN2O2. The molecule has 0 atom stereocenters. The van der Waals surface area contributed by atoms with Crippen LogP contribution in [0.15, 0.2) is 10.5 Å². The SMILES string of the molecule is CCCN(C(=O)c1cc(C)c(CC)o1)C1CCNCC1.Cl. The summed E-state index contributed by atoms with van der Waals surface area (Å²) >= 11 is 0. The molecule has 0 radical (unpaired) electrons. The van der Waals surface area contributed by atoms with Crippen molar-refractivity contribution in [3.05, 3.63) is 23.2 Å². The van der Waals surface area contributed by atoms with Crippen LogP contribution in [0.1, 0.15) is 55.0 Å². The number of nitrogens with zero attached hydrogens (tertiary/aromatic N) is 1. The second-order valence-electron chi connectivity index (χ2n) is 5.55. The highest BCUT2D eigenvalue weighted by molar-refractivity contribution is 5.92. The molecule has 21 heavy (non-hydrogen) atoms. The van der Waals surface area contributed by atoms with Crippen molar-refractivity contribution < 1.29 is 9.21 Å². The molecule has 0 aromatic carbocycles. The molecule has 2 rings (SSSR count). The quantitative estimate of drug-likeness (QED) is 0.908. The van der Waals surface area contributed by atoms with Crippen LogP contribution in [-0.2, 0) is 6.42 Å². The first-order chi connectivity index (χ1) is 9.67. The Balaban J connectivity index is 0.00000220. The molecule has 1 amide bonds. The van der Waals surface area contributed by atoms with Crippen molar-refractivity contribution in [1.82, 2.24) is 10.2 Å². The molecule has 120 valence electrons. The van der Waals surface area contributed by atoms with Crippen molar-refractivity contribution in [2.24, 2.45) is 0 Å². The number of halogens is 1. The van der Waals surface area contributed by atoms with Crippen molar-refractivity contribution in [1.29, 1.82) is 0 Å². The lowest BCUT2D eigenvalue weighted by atomic mass is 10.0. The highest BCUT2D eigenvalue weighted by atomic mass is 35.5.